The topological polar surface area (TPSA) is 98.0 Å². The van der Waals surface area contributed by atoms with Crippen LogP contribution in [0, 0.1) is 17.0 Å². The molecule has 2 rings (SSSR count). The Bertz CT molecular complexity index is 855. The van der Waals surface area contributed by atoms with Crippen LogP contribution in [-0.4, -0.2) is 37.2 Å². The van der Waals surface area contributed by atoms with Crippen molar-refractivity contribution in [1.82, 2.24) is 10.6 Å². The molecule has 2 aromatic carbocycles. The van der Waals surface area contributed by atoms with Crippen LogP contribution in [0.1, 0.15) is 30.5 Å². The molecule has 0 amide bonds. The Morgan fingerprint density at radius 3 is 2.70 bits per heavy atom. The average molecular weight is 415 g/mol. The quantitative estimate of drug-likeness (QED) is 0.192. The number of nitro benzene ring substituents is 1. The smallest absolute Gasteiger partial charge is 0.269 e. The van der Waals surface area contributed by atoms with Gasteiger partial charge in [0.25, 0.3) is 5.69 Å². The van der Waals surface area contributed by atoms with Crippen LogP contribution in [0.2, 0.25) is 0 Å². The number of non-ortho nitro benzene ring substituents is 1. The van der Waals surface area contributed by atoms with E-state index in [1.807, 2.05) is 45.0 Å². The first kappa shape index (κ1) is 23.2. The van der Waals surface area contributed by atoms with Crippen molar-refractivity contribution in [1.29, 1.82) is 0 Å². The van der Waals surface area contributed by atoms with Crippen molar-refractivity contribution in [3.8, 4) is 5.75 Å². The van der Waals surface area contributed by atoms with Gasteiger partial charge in [0.2, 0.25) is 0 Å². The van der Waals surface area contributed by atoms with E-state index < -0.39 is 4.92 Å². The van der Waals surface area contributed by atoms with Crippen molar-refractivity contribution in [2.45, 2.75) is 33.9 Å². The number of hydrogen-bond donors (Lipinski definition) is 2. The predicted molar refractivity (Wildman–Crippen MR) is 118 cm³/mol. The third kappa shape index (κ3) is 7.71. The molecule has 2 aromatic rings. The van der Waals surface area contributed by atoms with Crippen LogP contribution in [0.15, 0.2) is 47.5 Å². The van der Waals surface area contributed by atoms with Gasteiger partial charge in [-0.1, -0.05) is 24.3 Å². The fraction of sp³-hybridized carbons (Fsp3) is 0.409. The molecular weight excluding hydrogens is 384 g/mol. The van der Waals surface area contributed by atoms with Crippen LogP contribution in [-0.2, 0) is 17.8 Å². The van der Waals surface area contributed by atoms with Crippen LogP contribution < -0.4 is 15.4 Å². The van der Waals surface area contributed by atoms with Gasteiger partial charge in [-0.25, -0.2) is 4.99 Å². The Kier molecular flexibility index (Phi) is 9.60. The summed E-state index contributed by atoms with van der Waals surface area (Å²) in [6.45, 7) is 9.24. The Morgan fingerprint density at radius 1 is 1.13 bits per heavy atom. The van der Waals surface area contributed by atoms with Gasteiger partial charge < -0.3 is 20.1 Å². The van der Waals surface area contributed by atoms with E-state index in [-0.39, 0.29) is 5.69 Å². The summed E-state index contributed by atoms with van der Waals surface area (Å²) in [5, 5.41) is 17.4. The SMILES string of the molecule is CCNC(=NCc1cccc([N+](=O)[O-])c1)NCc1ccc(C)cc1OCCOCC. The van der Waals surface area contributed by atoms with E-state index in [1.54, 1.807) is 6.07 Å². The van der Waals surface area contributed by atoms with Crippen molar-refractivity contribution in [3.63, 3.8) is 0 Å². The number of nitrogens with zero attached hydrogens (tertiary/aromatic N) is 2. The van der Waals surface area contributed by atoms with Gasteiger partial charge >= 0.3 is 0 Å². The largest absolute Gasteiger partial charge is 0.491 e. The normalized spacial score (nSPS) is 11.2. The van der Waals surface area contributed by atoms with Crippen molar-refractivity contribution >= 4 is 11.6 Å². The van der Waals surface area contributed by atoms with E-state index in [2.05, 4.69) is 15.6 Å². The number of nitrogens with one attached hydrogen (secondary N) is 2. The molecule has 0 atom stereocenters. The molecule has 0 aliphatic carbocycles. The molecule has 0 fully saturated rings. The van der Waals surface area contributed by atoms with Gasteiger partial charge in [-0.15, -0.1) is 0 Å². The first-order valence-electron chi connectivity index (χ1n) is 10.1. The van der Waals surface area contributed by atoms with Gasteiger partial charge in [-0.3, -0.25) is 10.1 Å². The Hall–Kier alpha value is -3.13. The number of hydrogen-bond acceptors (Lipinski definition) is 5. The second-order valence-corrected chi connectivity index (χ2v) is 6.63. The molecule has 0 saturated heterocycles. The molecule has 0 aliphatic rings. The molecule has 0 aromatic heterocycles. The maximum Gasteiger partial charge on any atom is 0.269 e. The first-order chi connectivity index (χ1) is 14.5. The predicted octanol–water partition coefficient (Wildman–Crippen LogP) is 3.57. The Morgan fingerprint density at radius 2 is 1.97 bits per heavy atom. The van der Waals surface area contributed by atoms with Crippen molar-refractivity contribution in [2.75, 3.05) is 26.4 Å². The summed E-state index contributed by atoms with van der Waals surface area (Å²) in [6, 6.07) is 12.6. The summed E-state index contributed by atoms with van der Waals surface area (Å²) in [5.74, 6) is 1.45. The second kappa shape index (κ2) is 12.4. The van der Waals surface area contributed by atoms with E-state index >= 15 is 0 Å². The summed E-state index contributed by atoms with van der Waals surface area (Å²) < 4.78 is 11.2. The minimum Gasteiger partial charge on any atom is -0.491 e. The van der Waals surface area contributed by atoms with E-state index in [0.717, 1.165) is 22.4 Å². The summed E-state index contributed by atoms with van der Waals surface area (Å²) in [4.78, 5) is 15.1. The molecule has 2 N–H and O–H groups in total. The molecule has 0 bridgehead atoms. The maximum absolute atomic E-state index is 10.9. The van der Waals surface area contributed by atoms with Gasteiger partial charge in [0.05, 0.1) is 18.1 Å². The molecule has 162 valence electrons. The zero-order valence-electron chi connectivity index (χ0n) is 17.8. The number of guanidine groups is 1. The Labute approximate surface area is 177 Å². The van der Waals surface area contributed by atoms with Crippen LogP contribution in [0.3, 0.4) is 0 Å². The lowest BCUT2D eigenvalue weighted by Gasteiger charge is -2.15. The molecule has 0 heterocycles. The third-order valence-electron chi connectivity index (χ3n) is 4.24. The standard InChI is InChI=1S/C22H30N4O4/c1-4-23-22(24-15-18-7-6-8-20(14-18)26(27)28)25-16-19-10-9-17(3)13-21(19)30-12-11-29-5-2/h6-10,13-14H,4-5,11-12,15-16H2,1-3H3,(H2,23,24,25). The summed E-state index contributed by atoms with van der Waals surface area (Å²) in [6.07, 6.45) is 0. The number of aliphatic imine (C=N–C) groups is 1. The highest BCUT2D eigenvalue weighted by molar-refractivity contribution is 5.79. The number of rotatable bonds is 11. The maximum atomic E-state index is 10.9. The molecule has 0 radical (unpaired) electrons. The van der Waals surface area contributed by atoms with Crippen molar-refractivity contribution in [3.05, 3.63) is 69.3 Å². The fourth-order valence-electron chi connectivity index (χ4n) is 2.76. The number of benzene rings is 2. The van der Waals surface area contributed by atoms with E-state index in [0.29, 0.717) is 45.4 Å². The molecule has 8 nitrogen and oxygen atoms in total. The van der Waals surface area contributed by atoms with Gasteiger partial charge in [-0.05, 0) is 38.0 Å². The van der Waals surface area contributed by atoms with Gasteiger partial charge in [0.15, 0.2) is 5.96 Å². The van der Waals surface area contributed by atoms with Crippen LogP contribution in [0.25, 0.3) is 0 Å². The molecular formula is C22H30N4O4. The Balaban J connectivity index is 2.04. The highest BCUT2D eigenvalue weighted by atomic mass is 16.6. The third-order valence-corrected chi connectivity index (χ3v) is 4.24. The average Bonchev–Trinajstić information content (AvgIpc) is 2.74. The number of ether oxygens (including phenoxy) is 2. The van der Waals surface area contributed by atoms with E-state index in [1.165, 1.54) is 12.1 Å². The van der Waals surface area contributed by atoms with Gasteiger partial charge in [0.1, 0.15) is 12.4 Å². The minimum atomic E-state index is -0.402. The highest BCUT2D eigenvalue weighted by Crippen LogP contribution is 2.20. The van der Waals surface area contributed by atoms with Crippen molar-refractivity contribution in [2.24, 2.45) is 4.99 Å². The lowest BCUT2D eigenvalue weighted by molar-refractivity contribution is -0.384. The van der Waals surface area contributed by atoms with Crippen LogP contribution in [0.5, 0.6) is 5.75 Å². The minimum absolute atomic E-state index is 0.0640. The van der Waals surface area contributed by atoms with Crippen LogP contribution >= 0.6 is 0 Å². The zero-order valence-corrected chi connectivity index (χ0v) is 17.8. The van der Waals surface area contributed by atoms with Gasteiger partial charge in [-0.2, -0.15) is 0 Å². The summed E-state index contributed by atoms with van der Waals surface area (Å²) in [5.41, 5.74) is 2.97. The van der Waals surface area contributed by atoms with Crippen LogP contribution in [0.4, 0.5) is 5.69 Å². The molecule has 0 unspecified atom stereocenters. The highest BCUT2D eigenvalue weighted by Gasteiger charge is 2.08. The summed E-state index contributed by atoms with van der Waals surface area (Å²) in [7, 11) is 0. The molecule has 0 aliphatic heterocycles. The number of nitro groups is 1. The number of aryl methyl sites for hydroxylation is 1. The first-order valence-corrected chi connectivity index (χ1v) is 10.1. The molecule has 0 saturated carbocycles. The summed E-state index contributed by atoms with van der Waals surface area (Å²) >= 11 is 0. The van der Waals surface area contributed by atoms with E-state index in [9.17, 15) is 10.1 Å². The lowest BCUT2D eigenvalue weighted by Crippen LogP contribution is -2.36. The monoisotopic (exact) mass is 414 g/mol. The fourth-order valence-corrected chi connectivity index (χ4v) is 2.76. The van der Waals surface area contributed by atoms with E-state index in [4.69, 9.17) is 9.47 Å². The zero-order chi connectivity index (χ0) is 21.8. The second-order valence-electron chi connectivity index (χ2n) is 6.63. The lowest BCUT2D eigenvalue weighted by atomic mass is 10.1. The molecule has 30 heavy (non-hydrogen) atoms. The molecule has 0 spiro atoms. The molecule has 8 heteroatoms. The van der Waals surface area contributed by atoms with Crippen molar-refractivity contribution < 1.29 is 14.4 Å². The van der Waals surface area contributed by atoms with Gasteiger partial charge in [0, 0.05) is 37.4 Å².